The minimum atomic E-state index is -0.104. The second-order valence-electron chi connectivity index (χ2n) is 3.66. The van der Waals surface area contributed by atoms with Crippen LogP contribution in [0.2, 0.25) is 0 Å². The van der Waals surface area contributed by atoms with Gasteiger partial charge >= 0.3 is 6.03 Å². The predicted molar refractivity (Wildman–Crippen MR) is 49.7 cm³/mol. The molecule has 12 heavy (non-hydrogen) atoms. The van der Waals surface area contributed by atoms with Crippen LogP contribution >= 0.6 is 0 Å². The number of hydrogen-bond donors (Lipinski definition) is 2. The largest absolute Gasteiger partial charge is 0.340 e. The van der Waals surface area contributed by atoms with Crippen LogP contribution in [0, 0.1) is 0 Å². The quantitative estimate of drug-likeness (QED) is 0.611. The van der Waals surface area contributed by atoms with Gasteiger partial charge in [-0.05, 0) is 27.7 Å². The molecule has 0 spiro atoms. The molecule has 0 bridgehead atoms. The van der Waals surface area contributed by atoms with Crippen LogP contribution < -0.4 is 10.7 Å². The highest BCUT2D eigenvalue weighted by Crippen LogP contribution is 2.00. The maximum atomic E-state index is 11.2. The number of hydrazine groups is 1. The van der Waals surface area contributed by atoms with Gasteiger partial charge in [0.15, 0.2) is 0 Å². The van der Waals surface area contributed by atoms with Crippen molar-refractivity contribution in [2.45, 2.75) is 33.2 Å². The van der Waals surface area contributed by atoms with Crippen molar-refractivity contribution in [3.05, 3.63) is 0 Å². The molecule has 0 saturated heterocycles. The molecular formula is C8H19N3O. The van der Waals surface area contributed by atoms with E-state index in [0.29, 0.717) is 6.54 Å². The van der Waals surface area contributed by atoms with Crippen LogP contribution in [-0.4, -0.2) is 30.2 Å². The Kier molecular flexibility index (Phi) is 4.03. The van der Waals surface area contributed by atoms with E-state index in [1.165, 1.54) is 0 Å². The van der Waals surface area contributed by atoms with Gasteiger partial charge in [-0.2, -0.15) is 0 Å². The Bertz CT molecular complexity index is 151. The fraction of sp³-hybridized carbons (Fsp3) is 0.875. The molecule has 0 aliphatic rings. The molecule has 0 unspecified atom stereocenters. The van der Waals surface area contributed by atoms with Crippen molar-refractivity contribution in [1.29, 1.82) is 0 Å². The first kappa shape index (κ1) is 11.2. The molecule has 0 atom stereocenters. The Labute approximate surface area is 74.3 Å². The van der Waals surface area contributed by atoms with Crippen LogP contribution in [0.3, 0.4) is 0 Å². The summed E-state index contributed by atoms with van der Waals surface area (Å²) in [6, 6.07) is -0.104. The summed E-state index contributed by atoms with van der Waals surface area (Å²) in [5.74, 6) is 0. The Morgan fingerprint density at radius 1 is 1.42 bits per heavy atom. The van der Waals surface area contributed by atoms with E-state index in [9.17, 15) is 4.79 Å². The van der Waals surface area contributed by atoms with E-state index in [2.05, 4.69) is 10.7 Å². The van der Waals surface area contributed by atoms with Crippen molar-refractivity contribution in [3.8, 4) is 0 Å². The number of rotatable bonds is 2. The highest BCUT2D eigenvalue weighted by Gasteiger charge is 2.16. The van der Waals surface area contributed by atoms with Gasteiger partial charge in [-0.15, -0.1) is 0 Å². The zero-order valence-electron chi connectivity index (χ0n) is 8.56. The minimum Gasteiger partial charge on any atom is -0.340 e. The zero-order chi connectivity index (χ0) is 9.78. The zero-order valence-corrected chi connectivity index (χ0v) is 8.56. The van der Waals surface area contributed by atoms with Crippen molar-refractivity contribution >= 4 is 6.03 Å². The molecule has 0 heterocycles. The maximum absolute atomic E-state index is 11.2. The molecule has 72 valence electrons. The number of carbonyl (C=O) groups excluding carboxylic acids is 1. The molecular weight excluding hydrogens is 154 g/mol. The number of carbonyl (C=O) groups is 1. The van der Waals surface area contributed by atoms with E-state index >= 15 is 0 Å². The van der Waals surface area contributed by atoms with E-state index in [1.807, 2.05) is 27.7 Å². The van der Waals surface area contributed by atoms with Crippen molar-refractivity contribution in [3.63, 3.8) is 0 Å². The first-order chi connectivity index (χ1) is 5.40. The minimum absolute atomic E-state index is 0.0808. The van der Waals surface area contributed by atoms with E-state index in [4.69, 9.17) is 0 Å². The summed E-state index contributed by atoms with van der Waals surface area (Å²) in [5.41, 5.74) is 3.00. The van der Waals surface area contributed by atoms with Crippen LogP contribution in [0.4, 0.5) is 4.79 Å². The summed E-state index contributed by atoms with van der Waals surface area (Å²) < 4.78 is 0. The summed E-state index contributed by atoms with van der Waals surface area (Å²) in [5, 5.41) is 4.12. The van der Waals surface area contributed by atoms with Gasteiger partial charge in [-0.1, -0.05) is 0 Å². The summed E-state index contributed by atoms with van der Waals surface area (Å²) in [7, 11) is 1.62. The van der Waals surface area contributed by atoms with Crippen LogP contribution in [0.25, 0.3) is 0 Å². The smallest absolute Gasteiger partial charge is 0.331 e. The van der Waals surface area contributed by atoms with Crippen LogP contribution in [0.5, 0.6) is 0 Å². The van der Waals surface area contributed by atoms with Gasteiger partial charge in [0.2, 0.25) is 0 Å². The number of nitrogens with one attached hydrogen (secondary N) is 2. The van der Waals surface area contributed by atoms with E-state index in [1.54, 1.807) is 12.1 Å². The lowest BCUT2D eigenvalue weighted by molar-refractivity contribution is 0.144. The molecule has 0 aliphatic carbocycles. The lowest BCUT2D eigenvalue weighted by Crippen LogP contribution is -2.54. The summed E-state index contributed by atoms with van der Waals surface area (Å²) in [4.78, 5) is 11.2. The van der Waals surface area contributed by atoms with E-state index in [-0.39, 0.29) is 11.6 Å². The molecule has 2 amide bonds. The molecule has 0 aromatic heterocycles. The number of urea groups is 1. The normalized spacial score (nSPS) is 11.1. The average molecular weight is 173 g/mol. The van der Waals surface area contributed by atoms with E-state index < -0.39 is 0 Å². The third-order valence-electron chi connectivity index (χ3n) is 1.25. The van der Waals surface area contributed by atoms with Gasteiger partial charge in [-0.25, -0.2) is 10.2 Å². The molecule has 0 saturated carbocycles. The van der Waals surface area contributed by atoms with Gasteiger partial charge < -0.3 is 5.32 Å². The van der Waals surface area contributed by atoms with Crippen LogP contribution in [-0.2, 0) is 0 Å². The molecule has 0 aliphatic heterocycles. The Balaban J connectivity index is 4.09. The van der Waals surface area contributed by atoms with Gasteiger partial charge in [0.25, 0.3) is 0 Å². The second-order valence-corrected chi connectivity index (χ2v) is 3.66. The Morgan fingerprint density at radius 2 is 1.92 bits per heavy atom. The number of hydrogen-bond acceptors (Lipinski definition) is 2. The first-order valence-corrected chi connectivity index (χ1v) is 4.17. The highest BCUT2D eigenvalue weighted by atomic mass is 16.2. The summed E-state index contributed by atoms with van der Waals surface area (Å²) in [6.07, 6.45) is 0. The Hall–Kier alpha value is -0.770. The van der Waals surface area contributed by atoms with Crippen molar-refractivity contribution in [2.75, 3.05) is 13.6 Å². The van der Waals surface area contributed by atoms with Crippen molar-refractivity contribution < 1.29 is 4.79 Å². The predicted octanol–water partition coefficient (Wildman–Crippen LogP) is 0.951. The maximum Gasteiger partial charge on any atom is 0.331 e. The molecule has 0 fully saturated rings. The standard InChI is InChI=1S/C8H19N3O/c1-6-11(7(12)9-5)10-8(2,3)4/h10H,6H2,1-5H3,(H,9,12). The third-order valence-corrected chi connectivity index (χ3v) is 1.25. The van der Waals surface area contributed by atoms with Gasteiger partial charge in [0.05, 0.1) is 0 Å². The fourth-order valence-electron chi connectivity index (χ4n) is 0.813. The molecule has 0 rings (SSSR count). The first-order valence-electron chi connectivity index (χ1n) is 4.17. The SMILES string of the molecule is CCN(NC(C)(C)C)C(=O)NC. The van der Waals surface area contributed by atoms with Gasteiger partial charge in [0, 0.05) is 19.1 Å². The number of nitrogens with zero attached hydrogens (tertiary/aromatic N) is 1. The molecule has 0 aromatic rings. The Morgan fingerprint density at radius 3 is 2.17 bits per heavy atom. The molecule has 2 N–H and O–H groups in total. The molecule has 0 aromatic carbocycles. The lowest BCUT2D eigenvalue weighted by Gasteiger charge is -2.30. The molecule has 4 heteroatoms. The van der Waals surface area contributed by atoms with Crippen molar-refractivity contribution in [1.82, 2.24) is 15.8 Å². The fourth-order valence-corrected chi connectivity index (χ4v) is 0.813. The van der Waals surface area contributed by atoms with Crippen molar-refractivity contribution in [2.24, 2.45) is 0 Å². The van der Waals surface area contributed by atoms with E-state index in [0.717, 1.165) is 0 Å². The molecule has 0 radical (unpaired) electrons. The van der Waals surface area contributed by atoms with Gasteiger partial charge in [0.1, 0.15) is 0 Å². The molecule has 4 nitrogen and oxygen atoms in total. The summed E-state index contributed by atoms with van der Waals surface area (Å²) >= 11 is 0. The van der Waals surface area contributed by atoms with Gasteiger partial charge in [-0.3, -0.25) is 5.01 Å². The third kappa shape index (κ3) is 4.18. The average Bonchev–Trinajstić information content (AvgIpc) is 1.97. The summed E-state index contributed by atoms with van der Waals surface area (Å²) in [6.45, 7) is 8.61. The van der Waals surface area contributed by atoms with Crippen LogP contribution in [0.15, 0.2) is 0 Å². The topological polar surface area (TPSA) is 44.4 Å². The monoisotopic (exact) mass is 173 g/mol. The van der Waals surface area contributed by atoms with Crippen LogP contribution in [0.1, 0.15) is 27.7 Å². The second kappa shape index (κ2) is 4.30. The highest BCUT2D eigenvalue weighted by molar-refractivity contribution is 5.73. The lowest BCUT2D eigenvalue weighted by atomic mass is 10.1. The number of amides is 2.